The lowest BCUT2D eigenvalue weighted by molar-refractivity contribution is -0.384. The fourth-order valence-electron chi connectivity index (χ4n) is 3.16. The van der Waals surface area contributed by atoms with Crippen LogP contribution in [0.5, 0.6) is 0 Å². The second kappa shape index (κ2) is 12.4. The number of carboxylic acids is 1. The van der Waals surface area contributed by atoms with Gasteiger partial charge in [0.05, 0.1) is 45.2 Å². The van der Waals surface area contributed by atoms with Crippen molar-refractivity contribution < 1.29 is 32.8 Å². The molecule has 1 aromatic heterocycles. The van der Waals surface area contributed by atoms with Crippen LogP contribution in [0.25, 0.3) is 5.69 Å². The minimum absolute atomic E-state index is 0.0475. The summed E-state index contributed by atoms with van der Waals surface area (Å²) in [5.41, 5.74) is 1.43. The maximum Gasteiger partial charge on any atom is 0.337 e. The topological polar surface area (TPSA) is 159 Å². The molecule has 0 spiro atoms. The van der Waals surface area contributed by atoms with Gasteiger partial charge in [-0.3, -0.25) is 10.1 Å². The van der Waals surface area contributed by atoms with Gasteiger partial charge in [-0.2, -0.15) is 5.10 Å². The normalized spacial score (nSPS) is 10.7. The molecule has 0 unspecified atom stereocenters. The number of halogens is 1. The van der Waals surface area contributed by atoms with Crippen molar-refractivity contribution in [2.24, 2.45) is 0 Å². The zero-order valence-electron chi connectivity index (χ0n) is 19.7. The van der Waals surface area contributed by atoms with Crippen molar-refractivity contribution in [2.75, 3.05) is 7.11 Å². The van der Waals surface area contributed by atoms with Gasteiger partial charge in [0.15, 0.2) is 9.84 Å². The molecule has 4 aromatic rings. The van der Waals surface area contributed by atoms with Crippen molar-refractivity contribution in [1.29, 1.82) is 0 Å². The maximum atomic E-state index is 12.8. The van der Waals surface area contributed by atoms with Crippen LogP contribution in [-0.4, -0.2) is 47.3 Å². The molecule has 0 aliphatic carbocycles. The average molecular weight is 649 g/mol. The van der Waals surface area contributed by atoms with Crippen LogP contribution in [0.3, 0.4) is 0 Å². The number of carbonyl (C=O) groups is 2. The molecule has 0 aliphatic rings. The summed E-state index contributed by atoms with van der Waals surface area (Å²) >= 11 is 1.86. The number of methoxy groups -OCH3 is 1. The molecule has 0 saturated heterocycles. The van der Waals surface area contributed by atoms with Crippen LogP contribution in [0.2, 0.25) is 0 Å². The Morgan fingerprint density at radius 1 is 1.03 bits per heavy atom. The lowest BCUT2D eigenvalue weighted by Crippen LogP contribution is -2.09. The molecule has 196 valence electrons. The lowest BCUT2D eigenvalue weighted by Gasteiger charge is -2.07. The molecule has 11 nitrogen and oxygen atoms in total. The van der Waals surface area contributed by atoms with E-state index < -0.39 is 26.7 Å². The average Bonchev–Trinajstić information content (AvgIpc) is 3.36. The molecular weight excluding hydrogens is 629 g/mol. The molecule has 0 radical (unpaired) electrons. The molecule has 0 bridgehead atoms. The van der Waals surface area contributed by atoms with Crippen LogP contribution in [0.1, 0.15) is 26.4 Å². The number of aromatic carboxylic acids is 1. The number of nitrogens with zero attached hydrogens (tertiary/aromatic N) is 3. The van der Waals surface area contributed by atoms with Crippen molar-refractivity contribution in [3.8, 4) is 5.69 Å². The summed E-state index contributed by atoms with van der Waals surface area (Å²) in [6.45, 7) is 0. The lowest BCUT2D eigenvalue weighted by atomic mass is 10.2. The van der Waals surface area contributed by atoms with Gasteiger partial charge >= 0.3 is 11.9 Å². The summed E-state index contributed by atoms with van der Waals surface area (Å²) in [5.74, 6) is -1.76. The number of nitro benzene ring substituents is 1. The summed E-state index contributed by atoms with van der Waals surface area (Å²) in [6, 6.07) is 19.8. The van der Waals surface area contributed by atoms with Gasteiger partial charge in [-0.1, -0.05) is 18.2 Å². The van der Waals surface area contributed by atoms with Crippen LogP contribution >= 0.6 is 22.6 Å². The van der Waals surface area contributed by atoms with Crippen LogP contribution in [0.15, 0.2) is 90.0 Å². The minimum atomic E-state index is -3.70. The zero-order valence-corrected chi connectivity index (χ0v) is 22.7. The van der Waals surface area contributed by atoms with E-state index in [0.717, 1.165) is 0 Å². The van der Waals surface area contributed by atoms with Crippen LogP contribution < -0.4 is 0 Å². The minimum Gasteiger partial charge on any atom is -0.478 e. The second-order valence-electron chi connectivity index (χ2n) is 7.59. The number of esters is 1. The second-order valence-corrected chi connectivity index (χ2v) is 10.7. The molecule has 0 aliphatic heterocycles. The number of sulfone groups is 1. The fourth-order valence-corrected chi connectivity index (χ4v) is 6.01. The Hall–Kier alpha value is -4.11. The molecule has 3 aromatic carbocycles. The monoisotopic (exact) mass is 649 g/mol. The van der Waals surface area contributed by atoms with Crippen molar-refractivity contribution >= 4 is 50.1 Å². The van der Waals surface area contributed by atoms with Crippen molar-refractivity contribution in [3.05, 3.63) is 116 Å². The third kappa shape index (κ3) is 7.23. The number of carbonyl (C=O) groups excluding carboxylic acids is 1. The molecule has 38 heavy (non-hydrogen) atoms. The van der Waals surface area contributed by atoms with E-state index in [1.807, 2.05) is 22.6 Å². The van der Waals surface area contributed by atoms with E-state index in [0.29, 0.717) is 20.5 Å². The number of carboxylic acid groups (broad SMARTS) is 1. The fraction of sp³-hybridized carbons (Fsp3) is 0.0800. The van der Waals surface area contributed by atoms with Crippen LogP contribution in [0.4, 0.5) is 5.69 Å². The maximum absolute atomic E-state index is 12.8. The SMILES string of the molecule is COC(=O)c1ccc(S(=O)(=O)Cc2ccn(-c3ccc([N+](=O)[O-])cc3)n2)c(I)c1.O=C(O)c1ccccc1. The molecule has 1 N–H and O–H groups in total. The third-order valence-corrected chi connectivity index (χ3v) is 7.98. The number of nitro groups is 1. The Morgan fingerprint density at radius 3 is 2.21 bits per heavy atom. The number of hydrogen-bond donors (Lipinski definition) is 1. The predicted octanol–water partition coefficient (Wildman–Crippen LogP) is 4.53. The molecule has 4 rings (SSSR count). The summed E-state index contributed by atoms with van der Waals surface area (Å²) in [7, 11) is -2.45. The summed E-state index contributed by atoms with van der Waals surface area (Å²) in [5, 5.41) is 23.4. The van der Waals surface area contributed by atoms with Gasteiger partial charge in [-0.15, -0.1) is 0 Å². The van der Waals surface area contributed by atoms with Gasteiger partial charge < -0.3 is 9.84 Å². The molecule has 1 heterocycles. The highest BCUT2D eigenvalue weighted by atomic mass is 127. The highest BCUT2D eigenvalue weighted by Crippen LogP contribution is 2.24. The van der Waals surface area contributed by atoms with Gasteiger partial charge in [0.2, 0.25) is 0 Å². The van der Waals surface area contributed by atoms with E-state index in [9.17, 15) is 28.1 Å². The first-order valence-corrected chi connectivity index (χ1v) is 13.4. The molecule has 0 fully saturated rings. The number of hydrogen-bond acceptors (Lipinski definition) is 8. The van der Waals surface area contributed by atoms with Gasteiger partial charge in [0.1, 0.15) is 0 Å². The van der Waals surface area contributed by atoms with E-state index in [4.69, 9.17) is 5.11 Å². The van der Waals surface area contributed by atoms with E-state index in [2.05, 4.69) is 9.84 Å². The first kappa shape index (κ1) is 28.5. The number of ether oxygens (including phenoxy) is 1. The van der Waals surface area contributed by atoms with Crippen LogP contribution in [0, 0.1) is 13.7 Å². The summed E-state index contributed by atoms with van der Waals surface area (Å²) in [4.78, 5) is 32.1. The molecule has 13 heteroatoms. The number of benzene rings is 3. The first-order valence-electron chi connectivity index (χ1n) is 10.7. The van der Waals surface area contributed by atoms with Gasteiger partial charge in [0.25, 0.3) is 5.69 Å². The standard InChI is InChI=1S/C18H14IN3O6S.C7H6O2/c1-28-18(23)12-2-7-17(16(19)10-12)29(26,27)11-13-8-9-21(20-13)14-3-5-15(6-4-14)22(24)25;8-7(9)6-4-2-1-3-5-6/h2-10H,11H2,1H3;1-5H,(H,8,9). The third-order valence-electron chi connectivity index (χ3n) is 5.02. The highest BCUT2D eigenvalue weighted by molar-refractivity contribution is 14.1. The van der Waals surface area contributed by atoms with Gasteiger partial charge in [-0.05, 0) is 71.1 Å². The van der Waals surface area contributed by atoms with Gasteiger partial charge in [0, 0.05) is 21.9 Å². The molecular formula is C25H20IN3O8S. The Balaban J connectivity index is 0.000000375. The number of rotatable bonds is 7. The number of aromatic nitrogens is 2. The molecule has 0 atom stereocenters. The van der Waals surface area contributed by atoms with E-state index in [-0.39, 0.29) is 21.9 Å². The summed E-state index contributed by atoms with van der Waals surface area (Å²) < 4.78 is 32.1. The predicted molar refractivity (Wildman–Crippen MR) is 145 cm³/mol. The van der Waals surface area contributed by atoms with Crippen molar-refractivity contribution in [2.45, 2.75) is 10.6 Å². The van der Waals surface area contributed by atoms with E-state index >= 15 is 0 Å². The number of non-ortho nitro benzene ring substituents is 1. The van der Waals surface area contributed by atoms with Gasteiger partial charge in [-0.25, -0.2) is 22.7 Å². The highest BCUT2D eigenvalue weighted by Gasteiger charge is 2.21. The Kier molecular flexibility index (Phi) is 9.30. The van der Waals surface area contributed by atoms with E-state index in [1.54, 1.807) is 42.6 Å². The summed E-state index contributed by atoms with van der Waals surface area (Å²) in [6.07, 6.45) is 1.58. The quantitative estimate of drug-likeness (QED) is 0.131. The molecule has 0 saturated carbocycles. The molecule has 0 amide bonds. The zero-order chi connectivity index (χ0) is 27.9. The Bertz CT molecular complexity index is 1570. The largest absolute Gasteiger partial charge is 0.478 e. The smallest absolute Gasteiger partial charge is 0.337 e. The van der Waals surface area contributed by atoms with Crippen molar-refractivity contribution in [1.82, 2.24) is 9.78 Å². The first-order chi connectivity index (χ1) is 18.0. The Morgan fingerprint density at radius 2 is 1.68 bits per heavy atom. The Labute approximate surface area is 230 Å². The van der Waals surface area contributed by atoms with Crippen LogP contribution in [-0.2, 0) is 20.3 Å². The van der Waals surface area contributed by atoms with Crippen molar-refractivity contribution in [3.63, 3.8) is 0 Å². The van der Waals surface area contributed by atoms with E-state index in [1.165, 1.54) is 54.3 Å².